The van der Waals surface area contributed by atoms with E-state index in [0.29, 0.717) is 5.56 Å². The van der Waals surface area contributed by atoms with Crippen LogP contribution >= 0.6 is 0 Å². The highest BCUT2D eigenvalue weighted by molar-refractivity contribution is 5.61. The first-order chi connectivity index (χ1) is 15.8. The van der Waals surface area contributed by atoms with Crippen molar-refractivity contribution in [3.05, 3.63) is 78.4 Å². The third-order valence-electron chi connectivity index (χ3n) is 6.41. The van der Waals surface area contributed by atoms with Crippen molar-refractivity contribution in [3.63, 3.8) is 0 Å². The summed E-state index contributed by atoms with van der Waals surface area (Å²) in [6.45, 7) is 7.37. The van der Waals surface area contributed by atoms with Gasteiger partial charge in [0.2, 0.25) is 0 Å². The van der Waals surface area contributed by atoms with E-state index in [1.165, 1.54) is 11.4 Å². The number of aromatic nitrogens is 1. The number of benzene rings is 2. The van der Waals surface area contributed by atoms with Crippen molar-refractivity contribution in [3.8, 4) is 6.07 Å². The maximum atomic E-state index is 9.69. The topological polar surface area (TPSA) is 49.6 Å². The number of nitriles is 1. The van der Waals surface area contributed by atoms with Gasteiger partial charge in [0.15, 0.2) is 0 Å². The van der Waals surface area contributed by atoms with Gasteiger partial charge in [0, 0.05) is 63.7 Å². The molecular weight excluding hydrogens is 396 g/mol. The SMILES string of the molecule is N#Cc1ccc(N2CCN(c3ccccc3)CC2)nc1N1CCN(c2ccccc2)CC1. The van der Waals surface area contributed by atoms with E-state index in [1.807, 2.05) is 18.2 Å². The van der Waals surface area contributed by atoms with Gasteiger partial charge in [-0.25, -0.2) is 4.98 Å². The van der Waals surface area contributed by atoms with Gasteiger partial charge in [0.05, 0.1) is 5.56 Å². The van der Waals surface area contributed by atoms with Gasteiger partial charge >= 0.3 is 0 Å². The van der Waals surface area contributed by atoms with Crippen LogP contribution in [0.2, 0.25) is 0 Å². The van der Waals surface area contributed by atoms with E-state index < -0.39 is 0 Å². The van der Waals surface area contributed by atoms with Crippen molar-refractivity contribution in [2.75, 3.05) is 72.0 Å². The average molecular weight is 425 g/mol. The monoisotopic (exact) mass is 424 g/mol. The molecule has 3 heterocycles. The van der Waals surface area contributed by atoms with Crippen LogP contribution in [0.3, 0.4) is 0 Å². The summed E-state index contributed by atoms with van der Waals surface area (Å²) in [6, 6.07) is 27.4. The molecule has 2 aromatic carbocycles. The number of para-hydroxylation sites is 2. The summed E-state index contributed by atoms with van der Waals surface area (Å²) < 4.78 is 0. The van der Waals surface area contributed by atoms with Gasteiger partial charge in [0.25, 0.3) is 0 Å². The van der Waals surface area contributed by atoms with Crippen molar-refractivity contribution in [1.29, 1.82) is 5.26 Å². The molecule has 0 atom stereocenters. The van der Waals surface area contributed by atoms with Gasteiger partial charge in [-0.1, -0.05) is 36.4 Å². The quantitative estimate of drug-likeness (QED) is 0.638. The van der Waals surface area contributed by atoms with Crippen molar-refractivity contribution < 1.29 is 0 Å². The third kappa shape index (κ3) is 4.19. The number of hydrogen-bond acceptors (Lipinski definition) is 6. The molecule has 2 aliphatic heterocycles. The summed E-state index contributed by atoms with van der Waals surface area (Å²) in [5.41, 5.74) is 3.19. The number of rotatable bonds is 4. The van der Waals surface area contributed by atoms with Gasteiger partial charge < -0.3 is 19.6 Å². The molecule has 0 radical (unpaired) electrons. The largest absolute Gasteiger partial charge is 0.368 e. The minimum absolute atomic E-state index is 0.657. The third-order valence-corrected chi connectivity index (χ3v) is 6.41. The molecule has 2 fully saturated rings. The molecule has 0 bridgehead atoms. The molecule has 6 heteroatoms. The molecule has 2 saturated heterocycles. The van der Waals surface area contributed by atoms with E-state index in [-0.39, 0.29) is 0 Å². The highest BCUT2D eigenvalue weighted by atomic mass is 15.3. The first kappa shape index (κ1) is 20.2. The Hall–Kier alpha value is -3.72. The first-order valence-corrected chi connectivity index (χ1v) is 11.3. The van der Waals surface area contributed by atoms with Crippen LogP contribution in [0, 0.1) is 11.3 Å². The number of pyridine rings is 1. The van der Waals surface area contributed by atoms with Crippen LogP contribution < -0.4 is 19.6 Å². The Morgan fingerprint density at radius 3 is 1.53 bits per heavy atom. The van der Waals surface area contributed by atoms with Crippen molar-refractivity contribution in [1.82, 2.24) is 4.98 Å². The fourth-order valence-electron chi connectivity index (χ4n) is 4.59. The first-order valence-electron chi connectivity index (χ1n) is 11.3. The second-order valence-corrected chi connectivity index (χ2v) is 8.27. The maximum absolute atomic E-state index is 9.69. The minimum atomic E-state index is 0.657. The fraction of sp³-hybridized carbons (Fsp3) is 0.308. The zero-order chi connectivity index (χ0) is 21.8. The average Bonchev–Trinajstić information content (AvgIpc) is 2.89. The standard InChI is InChI=1S/C26H28N6/c27-21-22-11-12-25(31-17-13-29(14-18-31)23-7-3-1-4-8-23)28-26(22)32-19-15-30(16-20-32)24-9-5-2-6-10-24/h1-12H,13-20H2. The fourth-order valence-corrected chi connectivity index (χ4v) is 4.59. The van der Waals surface area contributed by atoms with E-state index in [1.54, 1.807) is 0 Å². The highest BCUT2D eigenvalue weighted by Gasteiger charge is 2.23. The van der Waals surface area contributed by atoms with Crippen LogP contribution in [-0.4, -0.2) is 57.3 Å². The molecule has 0 aliphatic carbocycles. The Bertz CT molecular complexity index is 1060. The second-order valence-electron chi connectivity index (χ2n) is 8.27. The van der Waals surface area contributed by atoms with Crippen molar-refractivity contribution in [2.24, 2.45) is 0 Å². The van der Waals surface area contributed by atoms with Crippen LogP contribution in [-0.2, 0) is 0 Å². The van der Waals surface area contributed by atoms with Crippen molar-refractivity contribution in [2.45, 2.75) is 0 Å². The summed E-state index contributed by atoms with van der Waals surface area (Å²) in [6.07, 6.45) is 0. The Morgan fingerprint density at radius 1 is 0.562 bits per heavy atom. The molecule has 162 valence electrons. The molecule has 5 rings (SSSR count). The lowest BCUT2D eigenvalue weighted by Gasteiger charge is -2.39. The second kappa shape index (κ2) is 9.19. The summed E-state index contributed by atoms with van der Waals surface area (Å²) in [4.78, 5) is 14.4. The molecule has 32 heavy (non-hydrogen) atoms. The predicted molar refractivity (Wildman–Crippen MR) is 131 cm³/mol. The van der Waals surface area contributed by atoms with Crippen LogP contribution in [0.5, 0.6) is 0 Å². The number of anilines is 4. The molecule has 0 spiro atoms. The molecule has 1 aromatic heterocycles. The minimum Gasteiger partial charge on any atom is -0.368 e. The molecule has 2 aliphatic rings. The Balaban J connectivity index is 1.27. The van der Waals surface area contributed by atoms with Crippen LogP contribution in [0.25, 0.3) is 0 Å². The molecule has 3 aromatic rings. The van der Waals surface area contributed by atoms with Crippen LogP contribution in [0.4, 0.5) is 23.0 Å². The predicted octanol–water partition coefficient (Wildman–Crippen LogP) is 3.61. The van der Waals surface area contributed by atoms with Gasteiger partial charge in [0.1, 0.15) is 17.7 Å². The lowest BCUT2D eigenvalue weighted by Crippen LogP contribution is -2.48. The van der Waals surface area contributed by atoms with Gasteiger partial charge in [-0.15, -0.1) is 0 Å². The van der Waals surface area contributed by atoms with E-state index in [4.69, 9.17) is 4.98 Å². The zero-order valence-electron chi connectivity index (χ0n) is 18.3. The Morgan fingerprint density at radius 2 is 1.03 bits per heavy atom. The molecule has 0 amide bonds. The lowest BCUT2D eigenvalue weighted by molar-refractivity contribution is 0.636. The van der Waals surface area contributed by atoms with E-state index in [0.717, 1.165) is 64.0 Å². The summed E-state index contributed by atoms with van der Waals surface area (Å²) >= 11 is 0. The normalized spacial score (nSPS) is 16.7. The number of nitrogens with zero attached hydrogens (tertiary/aromatic N) is 6. The summed E-state index contributed by atoms with van der Waals surface area (Å²) in [5.74, 6) is 1.79. The van der Waals surface area contributed by atoms with Gasteiger partial charge in [-0.3, -0.25) is 0 Å². The maximum Gasteiger partial charge on any atom is 0.149 e. The molecular formula is C26H28N6. The summed E-state index contributed by atoms with van der Waals surface area (Å²) in [5, 5.41) is 9.69. The zero-order valence-corrected chi connectivity index (χ0v) is 18.3. The van der Waals surface area contributed by atoms with E-state index in [9.17, 15) is 5.26 Å². The van der Waals surface area contributed by atoms with E-state index >= 15 is 0 Å². The van der Waals surface area contributed by atoms with Crippen molar-refractivity contribution >= 4 is 23.0 Å². The molecule has 0 saturated carbocycles. The number of piperazine rings is 2. The van der Waals surface area contributed by atoms with E-state index in [2.05, 4.69) is 80.3 Å². The number of hydrogen-bond donors (Lipinski definition) is 0. The molecule has 0 unspecified atom stereocenters. The van der Waals surface area contributed by atoms with Gasteiger partial charge in [-0.05, 0) is 36.4 Å². The Kier molecular flexibility index (Phi) is 5.80. The molecule has 6 nitrogen and oxygen atoms in total. The Labute approximate surface area is 189 Å². The highest BCUT2D eigenvalue weighted by Crippen LogP contribution is 2.26. The lowest BCUT2D eigenvalue weighted by atomic mass is 10.2. The van der Waals surface area contributed by atoms with Gasteiger partial charge in [-0.2, -0.15) is 5.26 Å². The van der Waals surface area contributed by atoms with Crippen LogP contribution in [0.1, 0.15) is 5.56 Å². The molecule has 0 N–H and O–H groups in total. The smallest absolute Gasteiger partial charge is 0.149 e. The van der Waals surface area contributed by atoms with Crippen LogP contribution in [0.15, 0.2) is 72.8 Å². The summed E-state index contributed by atoms with van der Waals surface area (Å²) in [7, 11) is 0.